The summed E-state index contributed by atoms with van der Waals surface area (Å²) < 4.78 is 12.4. The number of likely N-dealkylation sites (N-methyl/N-ethyl adjacent to an activating group) is 1. The second kappa shape index (κ2) is 12.6. The third-order valence-electron chi connectivity index (χ3n) is 6.21. The summed E-state index contributed by atoms with van der Waals surface area (Å²) in [5.74, 6) is 2.73. The predicted molar refractivity (Wildman–Crippen MR) is 150 cm³/mol. The molecule has 2 N–H and O–H groups in total. The van der Waals surface area contributed by atoms with Crippen molar-refractivity contribution in [3.63, 3.8) is 0 Å². The van der Waals surface area contributed by atoms with Crippen molar-refractivity contribution in [2.24, 2.45) is 0 Å². The lowest BCUT2D eigenvalue weighted by atomic mass is 10.2. The van der Waals surface area contributed by atoms with Crippen LogP contribution in [0.3, 0.4) is 0 Å². The van der Waals surface area contributed by atoms with E-state index in [1.165, 1.54) is 0 Å². The van der Waals surface area contributed by atoms with Crippen LogP contribution in [0.5, 0.6) is 5.88 Å². The lowest BCUT2D eigenvalue weighted by Gasteiger charge is -2.28. The molecule has 0 aliphatic carbocycles. The van der Waals surface area contributed by atoms with Gasteiger partial charge in [-0.15, -0.1) is 11.3 Å². The Bertz CT molecular complexity index is 1360. The van der Waals surface area contributed by atoms with Crippen LogP contribution in [-0.4, -0.2) is 95.6 Å². The van der Waals surface area contributed by atoms with Crippen molar-refractivity contribution in [1.82, 2.24) is 35.3 Å². The largest absolute Gasteiger partial charge is 0.476 e. The first-order valence-electron chi connectivity index (χ1n) is 12.8. The number of pyridine rings is 1. The smallest absolute Gasteiger partial charge is 0.225 e. The maximum absolute atomic E-state index is 8.88. The zero-order valence-corrected chi connectivity index (χ0v) is 23.2. The van der Waals surface area contributed by atoms with E-state index >= 15 is 0 Å². The molecule has 0 aromatic carbocycles. The molecule has 0 unspecified atom stereocenters. The van der Waals surface area contributed by atoms with Gasteiger partial charge in [-0.1, -0.05) is 0 Å². The summed E-state index contributed by atoms with van der Waals surface area (Å²) in [6.45, 7) is 5.20. The van der Waals surface area contributed by atoms with Gasteiger partial charge in [0.2, 0.25) is 11.8 Å². The van der Waals surface area contributed by atoms with E-state index in [1.807, 2.05) is 38.2 Å². The van der Waals surface area contributed by atoms with Gasteiger partial charge in [0, 0.05) is 73.9 Å². The van der Waals surface area contributed by atoms with Gasteiger partial charge in [-0.05, 0) is 26.2 Å². The van der Waals surface area contributed by atoms with E-state index in [-0.39, 0.29) is 0 Å². The Balaban J connectivity index is 1.41. The Labute approximate surface area is 231 Å². The molecule has 5 rings (SSSR count). The normalized spacial score (nSPS) is 13.8. The first kappa shape index (κ1) is 27.1. The van der Waals surface area contributed by atoms with Crippen molar-refractivity contribution < 1.29 is 14.7 Å². The van der Waals surface area contributed by atoms with Crippen molar-refractivity contribution >= 4 is 33.3 Å². The summed E-state index contributed by atoms with van der Waals surface area (Å²) in [5, 5.41) is 8.88. The minimum absolute atomic E-state index is 0.299. The number of aromatic nitrogens is 5. The van der Waals surface area contributed by atoms with Gasteiger partial charge in [0.05, 0.1) is 30.0 Å². The Morgan fingerprint density at radius 2 is 1.87 bits per heavy atom. The summed E-state index contributed by atoms with van der Waals surface area (Å²) in [5.41, 5.74) is 4.66. The number of morpholine rings is 1. The van der Waals surface area contributed by atoms with E-state index in [9.17, 15) is 0 Å². The number of hydroxylamine groups is 1. The molecule has 1 saturated heterocycles. The third-order valence-corrected chi connectivity index (χ3v) is 7.31. The molecule has 4 aromatic rings. The Kier molecular flexibility index (Phi) is 8.74. The van der Waals surface area contributed by atoms with Crippen LogP contribution >= 0.6 is 11.3 Å². The average Bonchev–Trinajstić information content (AvgIpc) is 3.36. The molecule has 5 heterocycles. The van der Waals surface area contributed by atoms with Crippen LogP contribution in [-0.2, 0) is 17.8 Å². The standard InChI is InChI=1S/C26H33N9O3S/c1-33(2)6-11-38-22-5-4-19(16-27-22)24-31-21-12-20(17-34(3)26-28-13-18(14-29-26)15-30-36)39-23(21)25(32-24)35-7-9-37-10-8-35/h4-5,12-14,16,30,36H,6-11,15,17H2,1-3H3. The first-order chi connectivity index (χ1) is 19.0. The molecule has 206 valence electrons. The lowest BCUT2D eigenvalue weighted by molar-refractivity contribution is 0.122. The number of thiophene rings is 1. The summed E-state index contributed by atoms with van der Waals surface area (Å²) in [7, 11) is 5.98. The highest BCUT2D eigenvalue weighted by Gasteiger charge is 2.21. The van der Waals surface area contributed by atoms with Gasteiger partial charge in [-0.2, -0.15) is 0 Å². The number of rotatable bonds is 11. The van der Waals surface area contributed by atoms with Crippen LogP contribution in [0.1, 0.15) is 10.4 Å². The molecular formula is C26H33N9O3S. The summed E-state index contributed by atoms with van der Waals surface area (Å²) in [6.07, 6.45) is 5.17. The highest BCUT2D eigenvalue weighted by atomic mass is 32.1. The van der Waals surface area contributed by atoms with E-state index in [0.717, 1.165) is 51.7 Å². The zero-order chi connectivity index (χ0) is 27.2. The van der Waals surface area contributed by atoms with Crippen LogP contribution in [0, 0.1) is 0 Å². The number of nitrogens with zero attached hydrogens (tertiary/aromatic N) is 8. The second-order valence-corrected chi connectivity index (χ2v) is 10.7. The summed E-state index contributed by atoms with van der Waals surface area (Å²) >= 11 is 1.68. The maximum Gasteiger partial charge on any atom is 0.225 e. The number of anilines is 2. The molecule has 0 saturated carbocycles. The topological polar surface area (TPSA) is 125 Å². The summed E-state index contributed by atoms with van der Waals surface area (Å²) in [4.78, 5) is 30.7. The number of fused-ring (bicyclic) bond motifs is 1. The Morgan fingerprint density at radius 3 is 2.56 bits per heavy atom. The minimum Gasteiger partial charge on any atom is -0.476 e. The molecule has 0 amide bonds. The van der Waals surface area contributed by atoms with Gasteiger partial charge in [0.15, 0.2) is 11.6 Å². The monoisotopic (exact) mass is 551 g/mol. The third kappa shape index (κ3) is 6.75. The molecule has 39 heavy (non-hydrogen) atoms. The molecule has 1 aliphatic heterocycles. The molecule has 0 spiro atoms. The molecular weight excluding hydrogens is 518 g/mol. The minimum atomic E-state index is 0.299. The molecule has 13 heteroatoms. The highest BCUT2D eigenvalue weighted by molar-refractivity contribution is 7.19. The van der Waals surface area contributed by atoms with Crippen LogP contribution in [0.15, 0.2) is 36.8 Å². The van der Waals surface area contributed by atoms with Gasteiger partial charge in [0.1, 0.15) is 6.61 Å². The molecule has 0 bridgehead atoms. The van der Waals surface area contributed by atoms with E-state index < -0.39 is 0 Å². The van der Waals surface area contributed by atoms with E-state index in [0.29, 0.717) is 50.6 Å². The van der Waals surface area contributed by atoms with Crippen LogP contribution < -0.4 is 20.0 Å². The number of hydrogen-bond acceptors (Lipinski definition) is 13. The van der Waals surface area contributed by atoms with Gasteiger partial charge >= 0.3 is 0 Å². The van der Waals surface area contributed by atoms with E-state index in [2.05, 4.69) is 36.3 Å². The fourth-order valence-corrected chi connectivity index (χ4v) is 5.29. The van der Waals surface area contributed by atoms with Gasteiger partial charge in [-0.3, -0.25) is 0 Å². The lowest BCUT2D eigenvalue weighted by Crippen LogP contribution is -2.36. The van der Waals surface area contributed by atoms with Crippen LogP contribution in [0.25, 0.3) is 21.6 Å². The van der Waals surface area contributed by atoms with E-state index in [1.54, 1.807) is 29.9 Å². The van der Waals surface area contributed by atoms with Crippen molar-refractivity contribution in [2.45, 2.75) is 13.1 Å². The molecule has 1 aliphatic rings. The SMILES string of the molecule is CN(C)CCOc1ccc(-c2nc(N3CCOCC3)c3sc(CN(C)c4ncc(CNO)cn4)cc3n2)cn1. The summed E-state index contributed by atoms with van der Waals surface area (Å²) in [6, 6.07) is 5.93. The van der Waals surface area contributed by atoms with Crippen molar-refractivity contribution in [2.75, 3.05) is 70.4 Å². The highest BCUT2D eigenvalue weighted by Crippen LogP contribution is 2.35. The zero-order valence-electron chi connectivity index (χ0n) is 22.4. The van der Waals surface area contributed by atoms with Crippen LogP contribution in [0.4, 0.5) is 11.8 Å². The molecule has 4 aromatic heterocycles. The molecule has 0 radical (unpaired) electrons. The molecule has 0 atom stereocenters. The van der Waals surface area contributed by atoms with Crippen molar-refractivity contribution in [3.8, 4) is 17.3 Å². The Morgan fingerprint density at radius 1 is 1.08 bits per heavy atom. The van der Waals surface area contributed by atoms with Gasteiger partial charge in [0.25, 0.3) is 0 Å². The number of nitrogens with one attached hydrogen (secondary N) is 1. The first-order valence-corrected chi connectivity index (χ1v) is 13.6. The van der Waals surface area contributed by atoms with Crippen LogP contribution in [0.2, 0.25) is 0 Å². The fraction of sp³-hybridized carbons (Fsp3) is 0.423. The predicted octanol–water partition coefficient (Wildman–Crippen LogP) is 2.44. The van der Waals surface area contributed by atoms with Crippen molar-refractivity contribution in [1.29, 1.82) is 0 Å². The Hall–Kier alpha value is -3.49. The van der Waals surface area contributed by atoms with E-state index in [4.69, 9.17) is 24.6 Å². The number of hydrogen-bond donors (Lipinski definition) is 2. The second-order valence-electron chi connectivity index (χ2n) is 9.52. The average molecular weight is 552 g/mol. The molecule has 12 nitrogen and oxygen atoms in total. The number of ether oxygens (including phenoxy) is 2. The fourth-order valence-electron chi connectivity index (χ4n) is 4.12. The van der Waals surface area contributed by atoms with Gasteiger partial charge < -0.3 is 29.4 Å². The maximum atomic E-state index is 8.88. The van der Waals surface area contributed by atoms with Gasteiger partial charge in [-0.25, -0.2) is 30.4 Å². The van der Waals surface area contributed by atoms with Crippen molar-refractivity contribution in [3.05, 3.63) is 47.2 Å². The molecule has 1 fully saturated rings. The quantitative estimate of drug-likeness (QED) is 0.266.